The van der Waals surface area contributed by atoms with Gasteiger partial charge in [-0.25, -0.2) is 8.42 Å². The van der Waals surface area contributed by atoms with Crippen molar-refractivity contribution in [1.82, 2.24) is 4.31 Å². The Morgan fingerprint density at radius 1 is 0.971 bits per heavy atom. The Hall–Kier alpha value is -2.65. The Labute approximate surface area is 205 Å². The summed E-state index contributed by atoms with van der Waals surface area (Å²) in [4.78, 5) is 14.0. The molecule has 0 bridgehead atoms. The maximum atomic E-state index is 12.8. The molecule has 8 heteroatoms. The first-order valence-electron chi connectivity index (χ1n) is 11.1. The molecular weight excluding hydrogens is 468 g/mol. The Kier molecular flexibility index (Phi) is 8.05. The van der Waals surface area contributed by atoms with Crippen LogP contribution < -0.4 is 5.32 Å². The molecule has 0 aromatic heterocycles. The number of carbonyl (C=O) groups excluding carboxylic acids is 1. The van der Waals surface area contributed by atoms with E-state index in [4.69, 9.17) is 4.74 Å². The maximum absolute atomic E-state index is 12.8. The molecule has 0 radical (unpaired) electrons. The highest BCUT2D eigenvalue weighted by atomic mass is 32.2. The molecule has 1 amide bonds. The summed E-state index contributed by atoms with van der Waals surface area (Å²) in [5.41, 5.74) is 4.08. The monoisotopic (exact) mass is 496 g/mol. The third-order valence-corrected chi connectivity index (χ3v) is 8.55. The highest BCUT2D eigenvalue weighted by Gasteiger charge is 2.24. The zero-order valence-electron chi connectivity index (χ0n) is 19.1. The smallest absolute Gasteiger partial charge is 0.255 e. The molecule has 1 aliphatic rings. The molecule has 34 heavy (non-hydrogen) atoms. The zero-order valence-corrected chi connectivity index (χ0v) is 20.7. The van der Waals surface area contributed by atoms with Gasteiger partial charge in [0, 0.05) is 35.0 Å². The van der Waals surface area contributed by atoms with E-state index in [0.717, 1.165) is 17.0 Å². The van der Waals surface area contributed by atoms with Crippen LogP contribution in [0.2, 0.25) is 0 Å². The van der Waals surface area contributed by atoms with E-state index in [-0.39, 0.29) is 11.7 Å². The van der Waals surface area contributed by atoms with Gasteiger partial charge in [-0.2, -0.15) is 4.31 Å². The van der Waals surface area contributed by atoms with Gasteiger partial charge in [0.05, 0.1) is 19.0 Å². The van der Waals surface area contributed by atoms with Gasteiger partial charge in [-0.05, 0) is 53.9 Å². The van der Waals surface area contributed by atoms with Gasteiger partial charge < -0.3 is 10.1 Å². The van der Waals surface area contributed by atoms with E-state index in [1.807, 2.05) is 37.3 Å². The molecule has 1 fully saturated rings. The Balaban J connectivity index is 1.35. The number of hydrogen-bond acceptors (Lipinski definition) is 5. The predicted molar refractivity (Wildman–Crippen MR) is 137 cm³/mol. The largest absolute Gasteiger partial charge is 0.379 e. The van der Waals surface area contributed by atoms with Crippen molar-refractivity contribution in [2.24, 2.45) is 0 Å². The molecule has 0 spiro atoms. The maximum Gasteiger partial charge on any atom is 0.255 e. The molecule has 3 aromatic rings. The van der Waals surface area contributed by atoms with Crippen LogP contribution in [0.5, 0.6) is 0 Å². The summed E-state index contributed by atoms with van der Waals surface area (Å²) in [5.74, 6) is 0.543. The number of sulfonamides is 1. The van der Waals surface area contributed by atoms with Crippen LogP contribution in [0, 0.1) is 6.92 Å². The molecule has 4 rings (SSSR count). The van der Waals surface area contributed by atoms with Gasteiger partial charge >= 0.3 is 0 Å². The molecular formula is C26H28N2O4S2. The van der Waals surface area contributed by atoms with Crippen LogP contribution in [-0.4, -0.2) is 44.9 Å². The summed E-state index contributed by atoms with van der Waals surface area (Å²) in [6.45, 7) is 3.58. The number of benzene rings is 3. The lowest BCUT2D eigenvalue weighted by Crippen LogP contribution is -2.41. The van der Waals surface area contributed by atoms with Gasteiger partial charge in [0.15, 0.2) is 0 Å². The quantitative estimate of drug-likeness (QED) is 0.458. The highest BCUT2D eigenvalue weighted by Crippen LogP contribution is 2.25. The number of nitrogens with zero attached hydrogens (tertiary/aromatic N) is 1. The second kappa shape index (κ2) is 11.2. The molecule has 6 nitrogen and oxygen atoms in total. The number of hydrogen-bond donors (Lipinski definition) is 1. The lowest BCUT2D eigenvalue weighted by Gasteiger charge is -2.26. The molecule has 3 aromatic carbocycles. The predicted octanol–water partition coefficient (Wildman–Crippen LogP) is 4.70. The fraction of sp³-hybridized carbons (Fsp3) is 0.269. The first kappa shape index (κ1) is 24.5. The molecule has 1 aliphatic heterocycles. The van der Waals surface area contributed by atoms with Crippen molar-refractivity contribution in [2.75, 3.05) is 31.6 Å². The number of nitrogens with one attached hydrogen (secondary N) is 1. The van der Waals surface area contributed by atoms with Crippen molar-refractivity contribution < 1.29 is 17.9 Å². The van der Waals surface area contributed by atoms with E-state index in [1.165, 1.54) is 14.8 Å². The van der Waals surface area contributed by atoms with Crippen molar-refractivity contribution in [3.63, 3.8) is 0 Å². The average molecular weight is 497 g/mol. The van der Waals surface area contributed by atoms with Crippen molar-refractivity contribution in [3.8, 4) is 0 Å². The van der Waals surface area contributed by atoms with E-state index in [0.29, 0.717) is 37.4 Å². The topological polar surface area (TPSA) is 75.7 Å². The Morgan fingerprint density at radius 3 is 2.32 bits per heavy atom. The van der Waals surface area contributed by atoms with Gasteiger partial charge in [-0.1, -0.05) is 42.5 Å². The lowest BCUT2D eigenvalue weighted by molar-refractivity contribution is 0.0729. The van der Waals surface area contributed by atoms with Crippen LogP contribution in [0.4, 0.5) is 5.69 Å². The standard InChI is InChI=1S/C26H28N2O4S2/c1-20-17-22(18-33-24-5-3-2-4-6-24)9-12-25(20)27-26(29)23-10-7-21(8-11-23)19-34(30,31)28-13-15-32-16-14-28/h2-12,17H,13-16,18-19H2,1H3,(H,27,29). The number of rotatable bonds is 8. The van der Waals surface area contributed by atoms with E-state index < -0.39 is 10.0 Å². The number of ether oxygens (including phenoxy) is 1. The minimum absolute atomic E-state index is 0.0868. The number of anilines is 1. The van der Waals surface area contributed by atoms with E-state index in [2.05, 4.69) is 23.5 Å². The molecule has 1 heterocycles. The minimum Gasteiger partial charge on any atom is -0.379 e. The van der Waals surface area contributed by atoms with Crippen LogP contribution in [0.1, 0.15) is 27.0 Å². The van der Waals surface area contributed by atoms with Crippen molar-refractivity contribution in [1.29, 1.82) is 0 Å². The summed E-state index contributed by atoms with van der Waals surface area (Å²) in [6.07, 6.45) is 0. The second-order valence-electron chi connectivity index (χ2n) is 8.17. The van der Waals surface area contributed by atoms with Crippen molar-refractivity contribution in [3.05, 3.63) is 95.1 Å². The third-order valence-electron chi connectivity index (χ3n) is 5.62. The van der Waals surface area contributed by atoms with Gasteiger partial charge in [-0.3, -0.25) is 4.79 Å². The molecule has 1 saturated heterocycles. The zero-order chi connectivity index (χ0) is 24.0. The van der Waals surface area contributed by atoms with Crippen LogP contribution >= 0.6 is 11.8 Å². The van der Waals surface area contributed by atoms with Crippen LogP contribution in [0.25, 0.3) is 0 Å². The Morgan fingerprint density at radius 2 is 1.65 bits per heavy atom. The third kappa shape index (κ3) is 6.48. The van der Waals surface area contributed by atoms with E-state index in [1.54, 1.807) is 36.0 Å². The Bertz CT molecular complexity index is 1220. The fourth-order valence-electron chi connectivity index (χ4n) is 3.71. The normalized spacial score (nSPS) is 14.6. The van der Waals surface area contributed by atoms with E-state index >= 15 is 0 Å². The van der Waals surface area contributed by atoms with Crippen molar-refractivity contribution in [2.45, 2.75) is 23.3 Å². The number of aryl methyl sites for hydroxylation is 1. The van der Waals surface area contributed by atoms with Gasteiger partial charge in [0.25, 0.3) is 5.91 Å². The number of carbonyl (C=O) groups is 1. The lowest BCUT2D eigenvalue weighted by atomic mass is 10.1. The van der Waals surface area contributed by atoms with E-state index in [9.17, 15) is 13.2 Å². The SMILES string of the molecule is Cc1cc(CSc2ccccc2)ccc1NC(=O)c1ccc(CS(=O)(=O)N2CCOCC2)cc1. The van der Waals surface area contributed by atoms with Crippen LogP contribution in [-0.2, 0) is 26.3 Å². The molecule has 0 unspecified atom stereocenters. The first-order chi connectivity index (χ1) is 16.4. The average Bonchev–Trinajstić information content (AvgIpc) is 2.85. The first-order valence-corrected chi connectivity index (χ1v) is 13.7. The fourth-order valence-corrected chi connectivity index (χ4v) is 6.08. The van der Waals surface area contributed by atoms with Crippen molar-refractivity contribution >= 4 is 33.4 Å². The highest BCUT2D eigenvalue weighted by molar-refractivity contribution is 7.98. The van der Waals surface area contributed by atoms with Crippen LogP contribution in [0.3, 0.4) is 0 Å². The summed E-state index contributed by atoms with van der Waals surface area (Å²) < 4.78 is 31.9. The summed E-state index contributed by atoms with van der Waals surface area (Å²) >= 11 is 1.77. The molecule has 178 valence electrons. The molecule has 0 saturated carbocycles. The van der Waals surface area contributed by atoms with Gasteiger partial charge in [0.1, 0.15) is 0 Å². The van der Waals surface area contributed by atoms with Gasteiger partial charge in [-0.15, -0.1) is 11.8 Å². The summed E-state index contributed by atoms with van der Waals surface area (Å²) in [5, 5.41) is 2.96. The summed E-state index contributed by atoms with van der Waals surface area (Å²) in [6, 6.07) is 23.0. The van der Waals surface area contributed by atoms with Crippen LogP contribution in [0.15, 0.2) is 77.7 Å². The second-order valence-corrected chi connectivity index (χ2v) is 11.2. The molecule has 1 N–H and O–H groups in total. The number of amides is 1. The number of morpholine rings is 1. The number of thioether (sulfide) groups is 1. The molecule has 0 atom stereocenters. The van der Waals surface area contributed by atoms with Gasteiger partial charge in [0.2, 0.25) is 10.0 Å². The minimum atomic E-state index is -3.40. The molecule has 0 aliphatic carbocycles. The summed E-state index contributed by atoms with van der Waals surface area (Å²) in [7, 11) is -3.40.